The molecule has 0 bridgehead atoms. The Hall–Kier alpha value is -5.34. The van der Waals surface area contributed by atoms with Gasteiger partial charge in [0, 0.05) is 86.1 Å². The van der Waals surface area contributed by atoms with Crippen LogP contribution < -0.4 is 10.6 Å². The molecule has 0 aliphatic carbocycles. The van der Waals surface area contributed by atoms with E-state index in [-0.39, 0.29) is 44.5 Å². The molecule has 7 N–H and O–H groups in total. The summed E-state index contributed by atoms with van der Waals surface area (Å²) in [7, 11) is 0. The van der Waals surface area contributed by atoms with Crippen LogP contribution in [-0.2, 0) is 32.0 Å². The van der Waals surface area contributed by atoms with Crippen molar-refractivity contribution in [3.8, 4) is 5.75 Å². The van der Waals surface area contributed by atoms with Crippen LogP contribution in [0.3, 0.4) is 0 Å². The van der Waals surface area contributed by atoms with Crippen LogP contribution in [0.5, 0.6) is 5.75 Å². The van der Waals surface area contributed by atoms with Crippen LogP contribution in [-0.4, -0.2) is 96.6 Å². The molecule has 3 aromatic rings. The molecule has 0 spiro atoms. The minimum absolute atomic E-state index is 0.0587. The molecule has 15 nitrogen and oxygen atoms in total. The number of amides is 2. The molecule has 222 valence electrons. The van der Waals surface area contributed by atoms with Crippen molar-refractivity contribution in [1.82, 2.24) is 30.6 Å². The highest BCUT2D eigenvalue weighted by Gasteiger charge is 2.21. The first-order valence-electron chi connectivity index (χ1n) is 12.9. The molecule has 2 aromatic heterocycles. The Morgan fingerprint density at radius 1 is 0.833 bits per heavy atom. The number of aromatic amines is 2. The first-order chi connectivity index (χ1) is 20.1. The van der Waals surface area contributed by atoms with Gasteiger partial charge in [-0.3, -0.25) is 19.6 Å². The van der Waals surface area contributed by atoms with Crippen LogP contribution in [0.1, 0.15) is 40.9 Å². The number of carboxylic acid groups (broad SMARTS) is 2. The van der Waals surface area contributed by atoms with Gasteiger partial charge in [-0.2, -0.15) is 0 Å². The zero-order valence-electron chi connectivity index (χ0n) is 22.8. The number of carbonyl (C=O) groups is 4. The predicted molar refractivity (Wildman–Crippen MR) is 151 cm³/mol. The van der Waals surface area contributed by atoms with Gasteiger partial charge in [-0.25, -0.2) is 19.6 Å². The maximum atomic E-state index is 12.2. The van der Waals surface area contributed by atoms with Crippen molar-refractivity contribution in [2.45, 2.75) is 44.7 Å². The van der Waals surface area contributed by atoms with Gasteiger partial charge in [0.25, 0.3) is 0 Å². The molecule has 42 heavy (non-hydrogen) atoms. The third-order valence-electron chi connectivity index (χ3n) is 5.93. The zero-order valence-corrected chi connectivity index (χ0v) is 22.8. The molecule has 0 radical (unpaired) electrons. The minimum Gasteiger partial charge on any atom is -0.507 e. The fraction of sp³-hybridized carbons (Fsp3) is 0.333. The van der Waals surface area contributed by atoms with Crippen molar-refractivity contribution >= 4 is 36.2 Å². The fourth-order valence-corrected chi connectivity index (χ4v) is 3.86. The lowest BCUT2D eigenvalue weighted by molar-refractivity contribution is -0.142. The van der Waals surface area contributed by atoms with Gasteiger partial charge in [0.2, 0.25) is 11.8 Å². The Labute approximate surface area is 240 Å². The number of hydrogen-bond donors (Lipinski definition) is 7. The molecule has 15 heteroatoms. The van der Waals surface area contributed by atoms with Crippen LogP contribution in [0.4, 0.5) is 0 Å². The number of aromatic hydroxyl groups is 1. The molecule has 0 saturated carbocycles. The van der Waals surface area contributed by atoms with Crippen LogP contribution in [0, 0.1) is 6.92 Å². The molecule has 0 fully saturated rings. The van der Waals surface area contributed by atoms with E-state index in [0.717, 1.165) is 5.56 Å². The number of aliphatic carboxylic acids is 2. The second-order valence-electron chi connectivity index (χ2n) is 9.34. The smallest absolute Gasteiger partial charge is 0.326 e. The fourth-order valence-electron chi connectivity index (χ4n) is 3.86. The molecule has 1 aromatic carbocycles. The van der Waals surface area contributed by atoms with Crippen LogP contribution >= 0.6 is 0 Å². The van der Waals surface area contributed by atoms with Crippen molar-refractivity contribution in [3.63, 3.8) is 0 Å². The molecular weight excluding hydrogens is 548 g/mol. The van der Waals surface area contributed by atoms with E-state index in [4.69, 9.17) is 0 Å². The van der Waals surface area contributed by atoms with Gasteiger partial charge in [0.1, 0.15) is 17.8 Å². The Bertz CT molecular complexity index is 1310. The first kappa shape index (κ1) is 31.2. The number of benzene rings is 1. The maximum Gasteiger partial charge on any atom is 0.326 e. The third kappa shape index (κ3) is 10.0. The van der Waals surface area contributed by atoms with Gasteiger partial charge < -0.3 is 35.9 Å². The molecule has 3 rings (SSSR count). The number of nitrogens with one attached hydrogen (secondary N) is 4. The second kappa shape index (κ2) is 15.4. The van der Waals surface area contributed by atoms with E-state index in [2.05, 4.69) is 40.6 Å². The average molecular weight is 581 g/mol. The van der Waals surface area contributed by atoms with E-state index < -0.39 is 35.8 Å². The number of H-pyrrole nitrogens is 2. The van der Waals surface area contributed by atoms with E-state index in [1.165, 1.54) is 37.5 Å². The van der Waals surface area contributed by atoms with Crippen LogP contribution in [0.2, 0.25) is 0 Å². The predicted octanol–water partition coefficient (Wildman–Crippen LogP) is 0.389. The van der Waals surface area contributed by atoms with Crippen molar-refractivity contribution in [1.29, 1.82) is 0 Å². The highest BCUT2D eigenvalue weighted by atomic mass is 16.4. The Kier molecular flexibility index (Phi) is 11.5. The Morgan fingerprint density at radius 2 is 1.26 bits per heavy atom. The lowest BCUT2D eigenvalue weighted by Gasteiger charge is -2.13. The summed E-state index contributed by atoms with van der Waals surface area (Å²) >= 11 is 0. The van der Waals surface area contributed by atoms with Crippen molar-refractivity contribution in [2.24, 2.45) is 9.98 Å². The zero-order chi connectivity index (χ0) is 30.5. The maximum absolute atomic E-state index is 12.2. The Morgan fingerprint density at radius 3 is 1.62 bits per heavy atom. The summed E-state index contributed by atoms with van der Waals surface area (Å²) in [6.45, 7) is 1.93. The number of rotatable bonds is 16. The molecule has 0 aliphatic heterocycles. The van der Waals surface area contributed by atoms with Crippen molar-refractivity contribution in [2.75, 3.05) is 13.1 Å². The van der Waals surface area contributed by atoms with Gasteiger partial charge in [-0.1, -0.05) is 0 Å². The molecule has 0 unspecified atom stereocenters. The molecular formula is C27H32N8O7. The largest absolute Gasteiger partial charge is 0.507 e. The lowest BCUT2D eigenvalue weighted by Crippen LogP contribution is -2.42. The molecule has 2 amide bonds. The van der Waals surface area contributed by atoms with Crippen molar-refractivity contribution in [3.05, 3.63) is 65.3 Å². The van der Waals surface area contributed by atoms with Crippen LogP contribution in [0.25, 0.3) is 0 Å². The minimum atomic E-state index is -1.17. The van der Waals surface area contributed by atoms with Gasteiger partial charge in [-0.15, -0.1) is 0 Å². The summed E-state index contributed by atoms with van der Waals surface area (Å²) in [6, 6.07) is 1.16. The lowest BCUT2D eigenvalue weighted by atomic mass is 10.1. The summed E-state index contributed by atoms with van der Waals surface area (Å²) in [6.07, 6.45) is 8.63. The molecule has 0 saturated heterocycles. The average Bonchev–Trinajstić information content (AvgIpc) is 3.65. The van der Waals surface area contributed by atoms with Crippen LogP contribution in [0.15, 0.2) is 47.2 Å². The molecule has 0 aliphatic rings. The highest BCUT2D eigenvalue weighted by molar-refractivity contribution is 5.92. The number of aliphatic imine (C=N–C) groups is 2. The van der Waals surface area contributed by atoms with Gasteiger partial charge in [0.05, 0.1) is 12.7 Å². The number of phenols is 1. The summed E-state index contributed by atoms with van der Waals surface area (Å²) in [5.74, 6) is -3.41. The highest BCUT2D eigenvalue weighted by Crippen LogP contribution is 2.22. The normalized spacial score (nSPS) is 12.8. The SMILES string of the molecule is Cc1cc(C=NCCC(=O)N[C@@H](Cc2cnc[nH]2)C(=O)O)c(O)c(C=NCCC(=O)N[C@@H](Cc2cnc[nH]2)C(=O)O)c1. The van der Waals surface area contributed by atoms with Gasteiger partial charge in [0.15, 0.2) is 0 Å². The van der Waals surface area contributed by atoms with E-state index in [9.17, 15) is 34.5 Å². The van der Waals surface area contributed by atoms with E-state index >= 15 is 0 Å². The van der Waals surface area contributed by atoms with E-state index in [0.29, 0.717) is 22.5 Å². The number of aryl methyl sites for hydroxylation is 1. The van der Waals surface area contributed by atoms with E-state index in [1.54, 1.807) is 12.1 Å². The van der Waals surface area contributed by atoms with E-state index in [1.807, 2.05) is 6.92 Å². The first-order valence-corrected chi connectivity index (χ1v) is 12.9. The monoisotopic (exact) mass is 580 g/mol. The topological polar surface area (TPSA) is 235 Å². The second-order valence-corrected chi connectivity index (χ2v) is 9.34. The number of carbonyl (C=O) groups excluding carboxylic acids is 2. The number of phenolic OH excluding ortho intramolecular Hbond substituents is 1. The molecule has 2 atom stereocenters. The summed E-state index contributed by atoms with van der Waals surface area (Å²) in [5, 5.41) is 34.3. The number of imidazole rings is 2. The molecule has 2 heterocycles. The van der Waals surface area contributed by atoms with Gasteiger partial charge >= 0.3 is 11.9 Å². The van der Waals surface area contributed by atoms with Crippen molar-refractivity contribution < 1.29 is 34.5 Å². The third-order valence-corrected chi connectivity index (χ3v) is 5.93. The standard InChI is InChI=1S/C27H32N8O7/c1-16-6-17(10-28-4-2-23(36)34-21(26(39)40)8-19-12-30-14-32-19)25(38)18(7-16)11-29-5-3-24(37)35-22(27(41)42)9-20-13-31-15-33-20/h6-7,10-15,21-22,38H,2-5,8-9H2,1H3,(H,30,32)(H,31,33)(H,34,36)(H,35,37)(H,39,40)(H,41,42)/t21-,22-/m0/s1. The summed E-state index contributed by atoms with van der Waals surface area (Å²) < 4.78 is 0. The number of aromatic nitrogens is 4. The number of nitrogens with zero attached hydrogens (tertiary/aromatic N) is 4. The van der Waals surface area contributed by atoms with Gasteiger partial charge in [-0.05, 0) is 24.6 Å². The summed E-state index contributed by atoms with van der Waals surface area (Å²) in [4.78, 5) is 69.0. The number of hydrogen-bond acceptors (Lipinski definition) is 9. The quantitative estimate of drug-likeness (QED) is 0.116. The number of carboxylic acids is 2. The summed E-state index contributed by atoms with van der Waals surface area (Å²) in [5.41, 5.74) is 2.73. The Balaban J connectivity index is 1.49.